The molecule has 0 fully saturated rings. The summed E-state index contributed by atoms with van der Waals surface area (Å²) in [6.07, 6.45) is 3.28. The van der Waals surface area contributed by atoms with Gasteiger partial charge >= 0.3 is 12.0 Å². The maximum Gasteiger partial charge on any atom is 0.323 e. The molecule has 0 aliphatic carbocycles. The maximum absolute atomic E-state index is 11.6. The molecule has 1 atom stereocenters. The van der Waals surface area contributed by atoms with Gasteiger partial charge in [-0.2, -0.15) is 0 Å². The molecule has 1 unspecified atom stereocenters. The Hall–Kier alpha value is -2.11. The molecule has 0 aromatic carbocycles. The lowest BCUT2D eigenvalue weighted by Gasteiger charge is -2.20. The first-order valence-corrected chi connectivity index (χ1v) is 5.14. The van der Waals surface area contributed by atoms with Gasteiger partial charge in [0.2, 0.25) is 0 Å². The van der Waals surface area contributed by atoms with E-state index in [1.165, 1.54) is 7.05 Å². The molecule has 0 bridgehead atoms. The van der Waals surface area contributed by atoms with Crippen LogP contribution in [0.2, 0.25) is 0 Å². The second-order valence-electron chi connectivity index (χ2n) is 3.70. The lowest BCUT2D eigenvalue weighted by molar-refractivity contribution is -0.137. The number of carbonyl (C=O) groups excluding carboxylic acids is 1. The average Bonchev–Trinajstić information content (AvgIpc) is 2.29. The molecule has 0 radical (unpaired) electrons. The predicted octanol–water partition coefficient (Wildman–Crippen LogP) is 0.869. The second-order valence-corrected chi connectivity index (χ2v) is 3.70. The summed E-state index contributed by atoms with van der Waals surface area (Å²) in [4.78, 5) is 27.0. The summed E-state index contributed by atoms with van der Waals surface area (Å²) in [6, 6.07) is 2.98. The minimum atomic E-state index is -1.04. The summed E-state index contributed by atoms with van der Waals surface area (Å²) < 4.78 is 0. The number of aromatic nitrogens is 1. The van der Waals surface area contributed by atoms with Gasteiger partial charge in [-0.15, -0.1) is 0 Å². The van der Waals surface area contributed by atoms with E-state index < -0.39 is 12.0 Å². The highest BCUT2D eigenvalue weighted by Gasteiger charge is 2.14. The monoisotopic (exact) mass is 237 g/mol. The molecule has 0 aliphatic heterocycles. The Morgan fingerprint density at radius 2 is 2.06 bits per heavy atom. The summed E-state index contributed by atoms with van der Waals surface area (Å²) in [6.45, 7) is 1.50. The number of hydrogen-bond donors (Lipinski definition) is 2. The largest absolute Gasteiger partial charge is 0.480 e. The number of likely N-dealkylation sites (N-methyl/N-ethyl adjacent to an activating group) is 1. The first-order valence-electron chi connectivity index (χ1n) is 5.14. The van der Waals surface area contributed by atoms with Crippen LogP contribution in [-0.2, 0) is 4.79 Å². The molecule has 1 aromatic rings. The number of nitrogens with zero attached hydrogens (tertiary/aromatic N) is 2. The summed E-state index contributed by atoms with van der Waals surface area (Å²) in [7, 11) is 1.43. The van der Waals surface area contributed by atoms with Crippen molar-refractivity contribution in [2.75, 3.05) is 13.6 Å². The van der Waals surface area contributed by atoms with Gasteiger partial charge in [-0.05, 0) is 24.6 Å². The zero-order chi connectivity index (χ0) is 12.8. The fourth-order valence-electron chi connectivity index (χ4n) is 1.31. The van der Waals surface area contributed by atoms with Crippen molar-refractivity contribution in [1.82, 2.24) is 15.2 Å². The van der Waals surface area contributed by atoms with Gasteiger partial charge in [0.1, 0.15) is 6.54 Å². The normalized spacial score (nSPS) is 11.6. The number of nitrogens with one attached hydrogen (secondary N) is 1. The molecule has 2 N–H and O–H groups in total. The van der Waals surface area contributed by atoms with Crippen molar-refractivity contribution in [3.8, 4) is 0 Å². The number of carbonyl (C=O) groups is 2. The number of aliphatic carboxylic acids is 1. The van der Waals surface area contributed by atoms with Crippen LogP contribution in [0.25, 0.3) is 0 Å². The molecular formula is C11H15N3O3. The van der Waals surface area contributed by atoms with Crippen LogP contribution in [0.15, 0.2) is 24.5 Å². The summed E-state index contributed by atoms with van der Waals surface area (Å²) in [5, 5.41) is 11.3. The SMILES string of the molecule is CC(NC(=O)N(C)CC(=O)O)c1ccncc1. The minimum Gasteiger partial charge on any atom is -0.480 e. The molecule has 2 amide bonds. The lowest BCUT2D eigenvalue weighted by Crippen LogP contribution is -2.41. The van der Waals surface area contributed by atoms with Crippen molar-refractivity contribution < 1.29 is 14.7 Å². The van der Waals surface area contributed by atoms with Gasteiger partial charge in [0.15, 0.2) is 0 Å². The number of urea groups is 1. The van der Waals surface area contributed by atoms with Crippen LogP contribution in [0, 0.1) is 0 Å². The molecule has 6 heteroatoms. The van der Waals surface area contributed by atoms with Gasteiger partial charge in [0.25, 0.3) is 0 Å². The van der Waals surface area contributed by atoms with E-state index in [-0.39, 0.29) is 12.6 Å². The molecule has 0 aliphatic rings. The quantitative estimate of drug-likeness (QED) is 0.814. The van der Waals surface area contributed by atoms with Gasteiger partial charge < -0.3 is 15.3 Å². The highest BCUT2D eigenvalue weighted by atomic mass is 16.4. The third kappa shape index (κ3) is 4.10. The summed E-state index contributed by atoms with van der Waals surface area (Å²) in [5.41, 5.74) is 0.914. The molecule has 1 aromatic heterocycles. The van der Waals surface area contributed by atoms with Crippen molar-refractivity contribution in [2.45, 2.75) is 13.0 Å². The predicted molar refractivity (Wildman–Crippen MR) is 61.4 cm³/mol. The highest BCUT2D eigenvalue weighted by molar-refractivity contribution is 5.80. The molecule has 1 heterocycles. The first kappa shape index (κ1) is 13.0. The fourth-order valence-corrected chi connectivity index (χ4v) is 1.31. The third-order valence-electron chi connectivity index (χ3n) is 2.27. The van der Waals surface area contributed by atoms with Crippen LogP contribution in [0.3, 0.4) is 0 Å². The van der Waals surface area contributed by atoms with Crippen molar-refractivity contribution in [3.05, 3.63) is 30.1 Å². The molecule has 0 saturated heterocycles. The first-order chi connectivity index (χ1) is 8.00. The third-order valence-corrected chi connectivity index (χ3v) is 2.27. The van der Waals surface area contributed by atoms with Crippen molar-refractivity contribution in [2.24, 2.45) is 0 Å². The average molecular weight is 237 g/mol. The van der Waals surface area contributed by atoms with Gasteiger partial charge in [-0.1, -0.05) is 0 Å². The Morgan fingerprint density at radius 3 is 2.59 bits per heavy atom. The van der Waals surface area contributed by atoms with Crippen molar-refractivity contribution >= 4 is 12.0 Å². The van der Waals surface area contributed by atoms with E-state index >= 15 is 0 Å². The van der Waals surface area contributed by atoms with Crippen LogP contribution in [0.1, 0.15) is 18.5 Å². The number of pyridine rings is 1. The molecule has 0 spiro atoms. The van der Waals surface area contributed by atoms with E-state index in [4.69, 9.17) is 5.11 Å². The standard InChI is InChI=1S/C11H15N3O3/c1-8(9-3-5-12-6-4-9)13-11(17)14(2)7-10(15)16/h3-6,8H,7H2,1-2H3,(H,13,17)(H,15,16). The number of hydrogen-bond acceptors (Lipinski definition) is 3. The second kappa shape index (κ2) is 5.83. The number of amides is 2. The summed E-state index contributed by atoms with van der Waals surface area (Å²) in [5.74, 6) is -1.04. The number of carboxylic acids is 1. The zero-order valence-electron chi connectivity index (χ0n) is 9.75. The van der Waals surface area contributed by atoms with Crippen LogP contribution in [0.4, 0.5) is 4.79 Å². The van der Waals surface area contributed by atoms with Crippen LogP contribution >= 0.6 is 0 Å². The smallest absolute Gasteiger partial charge is 0.323 e. The molecule has 6 nitrogen and oxygen atoms in total. The van der Waals surface area contributed by atoms with Gasteiger partial charge in [0, 0.05) is 19.4 Å². The van der Waals surface area contributed by atoms with Crippen molar-refractivity contribution in [3.63, 3.8) is 0 Å². The summed E-state index contributed by atoms with van der Waals surface area (Å²) >= 11 is 0. The maximum atomic E-state index is 11.6. The van der Waals surface area contributed by atoms with Crippen LogP contribution in [-0.4, -0.2) is 40.6 Å². The van der Waals surface area contributed by atoms with E-state index in [0.29, 0.717) is 0 Å². The van der Waals surface area contributed by atoms with Gasteiger partial charge in [-0.25, -0.2) is 4.79 Å². The van der Waals surface area contributed by atoms with Crippen LogP contribution < -0.4 is 5.32 Å². The van der Waals surface area contributed by atoms with E-state index in [1.807, 2.05) is 6.92 Å². The Morgan fingerprint density at radius 1 is 1.47 bits per heavy atom. The molecular weight excluding hydrogens is 222 g/mol. The van der Waals surface area contributed by atoms with Gasteiger partial charge in [-0.3, -0.25) is 9.78 Å². The molecule has 1 rings (SSSR count). The van der Waals surface area contributed by atoms with Crippen LogP contribution in [0.5, 0.6) is 0 Å². The Labute approximate surface area is 99.3 Å². The Balaban J connectivity index is 2.54. The van der Waals surface area contributed by atoms with E-state index in [0.717, 1.165) is 10.5 Å². The van der Waals surface area contributed by atoms with E-state index in [1.54, 1.807) is 24.5 Å². The highest BCUT2D eigenvalue weighted by Crippen LogP contribution is 2.10. The molecule has 17 heavy (non-hydrogen) atoms. The fraction of sp³-hybridized carbons (Fsp3) is 0.364. The Bertz CT molecular complexity index is 394. The lowest BCUT2D eigenvalue weighted by atomic mass is 10.1. The van der Waals surface area contributed by atoms with Gasteiger partial charge in [0.05, 0.1) is 6.04 Å². The number of carboxylic acid groups (broad SMARTS) is 1. The van der Waals surface area contributed by atoms with E-state index in [9.17, 15) is 9.59 Å². The zero-order valence-corrected chi connectivity index (χ0v) is 9.75. The molecule has 0 saturated carbocycles. The molecule has 92 valence electrons. The number of rotatable bonds is 4. The van der Waals surface area contributed by atoms with Crippen molar-refractivity contribution in [1.29, 1.82) is 0 Å². The topological polar surface area (TPSA) is 82.5 Å². The minimum absolute atomic E-state index is 0.193. The Kier molecular flexibility index (Phi) is 4.45. The van der Waals surface area contributed by atoms with E-state index in [2.05, 4.69) is 10.3 Å².